The first-order valence-corrected chi connectivity index (χ1v) is 8.90. The molecule has 152 valence electrons. The molecule has 1 heterocycles. The van der Waals surface area contributed by atoms with Crippen LogP contribution in [0, 0.1) is 5.92 Å². The van der Waals surface area contributed by atoms with Gasteiger partial charge in [0.2, 0.25) is 5.89 Å². The van der Waals surface area contributed by atoms with Crippen molar-refractivity contribution in [3.63, 3.8) is 0 Å². The molecule has 0 radical (unpaired) electrons. The molecule has 29 heavy (non-hydrogen) atoms. The number of oxazole rings is 1. The van der Waals surface area contributed by atoms with E-state index in [9.17, 15) is 18.0 Å². The second-order valence-corrected chi connectivity index (χ2v) is 6.80. The Kier molecular flexibility index (Phi) is 5.91. The summed E-state index contributed by atoms with van der Waals surface area (Å²) in [6.07, 6.45) is -3.27. The SMILES string of the molecule is CC(C)COc1ccc(NC(=O)c2coc(-c3ccc(C(F)(F)F)cc3)n2)cc1. The van der Waals surface area contributed by atoms with Crippen LogP contribution in [-0.2, 0) is 6.18 Å². The molecule has 1 amide bonds. The molecular weight excluding hydrogens is 385 g/mol. The number of carbonyl (C=O) groups is 1. The fourth-order valence-electron chi connectivity index (χ4n) is 2.40. The minimum absolute atomic E-state index is 0.0139. The fraction of sp³-hybridized carbons (Fsp3) is 0.238. The zero-order chi connectivity index (χ0) is 21.0. The Bertz CT molecular complexity index is 962. The van der Waals surface area contributed by atoms with Crippen molar-refractivity contribution in [2.45, 2.75) is 20.0 Å². The fourth-order valence-corrected chi connectivity index (χ4v) is 2.40. The molecule has 8 heteroatoms. The highest BCUT2D eigenvalue weighted by Gasteiger charge is 2.30. The number of benzene rings is 2. The molecule has 0 aliphatic carbocycles. The van der Waals surface area contributed by atoms with Crippen LogP contribution in [0.2, 0.25) is 0 Å². The summed E-state index contributed by atoms with van der Waals surface area (Å²) in [5.41, 5.74) is 0.126. The van der Waals surface area contributed by atoms with Crippen LogP contribution < -0.4 is 10.1 Å². The largest absolute Gasteiger partial charge is 0.493 e. The minimum atomic E-state index is -4.42. The number of hydrogen-bond donors (Lipinski definition) is 1. The van der Waals surface area contributed by atoms with Gasteiger partial charge < -0.3 is 14.5 Å². The average molecular weight is 404 g/mol. The van der Waals surface area contributed by atoms with Crippen molar-refractivity contribution in [1.29, 1.82) is 0 Å². The number of ether oxygens (including phenoxy) is 1. The maximum atomic E-state index is 12.6. The normalized spacial score (nSPS) is 11.5. The number of alkyl halides is 3. The molecule has 0 aliphatic rings. The van der Waals surface area contributed by atoms with Gasteiger partial charge in [-0.05, 0) is 54.4 Å². The van der Waals surface area contributed by atoms with Gasteiger partial charge >= 0.3 is 6.18 Å². The number of nitrogens with zero attached hydrogens (tertiary/aromatic N) is 1. The predicted molar refractivity (Wildman–Crippen MR) is 102 cm³/mol. The quantitative estimate of drug-likeness (QED) is 0.577. The highest BCUT2D eigenvalue weighted by atomic mass is 19.4. The summed E-state index contributed by atoms with van der Waals surface area (Å²) in [6.45, 7) is 4.69. The van der Waals surface area contributed by atoms with Gasteiger partial charge in [-0.15, -0.1) is 0 Å². The first-order chi connectivity index (χ1) is 13.7. The Morgan fingerprint density at radius 2 is 1.76 bits per heavy atom. The van der Waals surface area contributed by atoms with Gasteiger partial charge in [0.25, 0.3) is 5.91 Å². The Balaban J connectivity index is 1.65. The highest BCUT2D eigenvalue weighted by Crippen LogP contribution is 2.30. The van der Waals surface area contributed by atoms with Gasteiger partial charge in [0, 0.05) is 11.3 Å². The molecule has 0 atom stereocenters. The zero-order valence-electron chi connectivity index (χ0n) is 15.8. The van der Waals surface area contributed by atoms with Crippen LogP contribution in [0.25, 0.3) is 11.5 Å². The third kappa shape index (κ3) is 5.37. The average Bonchev–Trinajstić information content (AvgIpc) is 3.17. The van der Waals surface area contributed by atoms with E-state index in [1.54, 1.807) is 24.3 Å². The molecule has 0 unspecified atom stereocenters. The van der Waals surface area contributed by atoms with Crippen LogP contribution >= 0.6 is 0 Å². The van der Waals surface area contributed by atoms with Crippen LogP contribution in [0.3, 0.4) is 0 Å². The first-order valence-electron chi connectivity index (χ1n) is 8.90. The van der Waals surface area contributed by atoms with Crippen LogP contribution in [-0.4, -0.2) is 17.5 Å². The number of halogens is 3. The molecule has 3 rings (SSSR count). The summed E-state index contributed by atoms with van der Waals surface area (Å²) in [5.74, 6) is 0.659. The summed E-state index contributed by atoms with van der Waals surface area (Å²) in [7, 11) is 0. The van der Waals surface area contributed by atoms with Crippen molar-refractivity contribution < 1.29 is 27.1 Å². The number of hydrogen-bond acceptors (Lipinski definition) is 4. The maximum absolute atomic E-state index is 12.6. The molecule has 0 fully saturated rings. The molecule has 0 saturated heterocycles. The van der Waals surface area contributed by atoms with E-state index >= 15 is 0 Å². The number of anilines is 1. The third-order valence-corrected chi connectivity index (χ3v) is 3.89. The van der Waals surface area contributed by atoms with E-state index in [1.807, 2.05) is 13.8 Å². The van der Waals surface area contributed by atoms with E-state index in [1.165, 1.54) is 12.1 Å². The van der Waals surface area contributed by atoms with E-state index in [0.717, 1.165) is 18.4 Å². The van der Waals surface area contributed by atoms with E-state index in [2.05, 4.69) is 10.3 Å². The summed E-state index contributed by atoms with van der Waals surface area (Å²) >= 11 is 0. The zero-order valence-corrected chi connectivity index (χ0v) is 15.8. The lowest BCUT2D eigenvalue weighted by molar-refractivity contribution is -0.137. The lowest BCUT2D eigenvalue weighted by atomic mass is 10.1. The van der Waals surface area contributed by atoms with Crippen molar-refractivity contribution in [2.24, 2.45) is 5.92 Å². The predicted octanol–water partition coefficient (Wildman–Crippen LogP) is 5.65. The Morgan fingerprint density at radius 1 is 1.10 bits per heavy atom. The van der Waals surface area contributed by atoms with Crippen molar-refractivity contribution in [1.82, 2.24) is 4.98 Å². The molecule has 0 spiro atoms. The highest BCUT2D eigenvalue weighted by molar-refractivity contribution is 6.02. The molecule has 5 nitrogen and oxygen atoms in total. The molecule has 0 bridgehead atoms. The van der Waals surface area contributed by atoms with Crippen LogP contribution in [0.1, 0.15) is 29.9 Å². The molecule has 0 saturated carbocycles. The second kappa shape index (κ2) is 8.38. The van der Waals surface area contributed by atoms with Crippen molar-refractivity contribution in [3.05, 3.63) is 66.1 Å². The smallest absolute Gasteiger partial charge is 0.416 e. The van der Waals surface area contributed by atoms with E-state index in [0.29, 0.717) is 29.5 Å². The van der Waals surface area contributed by atoms with Crippen LogP contribution in [0.15, 0.2) is 59.2 Å². The number of nitrogens with one attached hydrogen (secondary N) is 1. The van der Waals surface area contributed by atoms with Gasteiger partial charge in [0.05, 0.1) is 12.2 Å². The lowest BCUT2D eigenvalue weighted by Gasteiger charge is -2.09. The van der Waals surface area contributed by atoms with Crippen molar-refractivity contribution in [3.8, 4) is 17.2 Å². The number of aromatic nitrogens is 1. The van der Waals surface area contributed by atoms with Gasteiger partial charge in [-0.25, -0.2) is 4.98 Å². The van der Waals surface area contributed by atoms with Gasteiger partial charge in [-0.1, -0.05) is 13.8 Å². The van der Waals surface area contributed by atoms with Gasteiger partial charge in [0.1, 0.15) is 12.0 Å². The Labute approximate surface area is 165 Å². The first kappa shape index (κ1) is 20.4. The molecule has 0 aliphatic heterocycles. The van der Waals surface area contributed by atoms with Gasteiger partial charge in [-0.3, -0.25) is 4.79 Å². The summed E-state index contributed by atoms with van der Waals surface area (Å²) in [5, 5.41) is 2.68. The summed E-state index contributed by atoms with van der Waals surface area (Å²) < 4.78 is 48.7. The third-order valence-electron chi connectivity index (χ3n) is 3.89. The second-order valence-electron chi connectivity index (χ2n) is 6.80. The van der Waals surface area contributed by atoms with Crippen molar-refractivity contribution >= 4 is 11.6 Å². The van der Waals surface area contributed by atoms with Gasteiger partial charge in [-0.2, -0.15) is 13.2 Å². The Morgan fingerprint density at radius 3 is 2.34 bits per heavy atom. The Hall–Kier alpha value is -3.29. The molecule has 3 aromatic rings. The summed E-state index contributed by atoms with van der Waals surface area (Å²) in [4.78, 5) is 16.4. The number of amides is 1. The van der Waals surface area contributed by atoms with Crippen LogP contribution in [0.4, 0.5) is 18.9 Å². The number of carbonyl (C=O) groups excluding carboxylic acids is 1. The van der Waals surface area contributed by atoms with E-state index in [4.69, 9.17) is 9.15 Å². The topological polar surface area (TPSA) is 64.4 Å². The molecular formula is C21H19F3N2O3. The van der Waals surface area contributed by atoms with E-state index in [-0.39, 0.29) is 11.6 Å². The van der Waals surface area contributed by atoms with Gasteiger partial charge in [0.15, 0.2) is 5.69 Å². The minimum Gasteiger partial charge on any atom is -0.493 e. The number of rotatable bonds is 6. The molecule has 1 N–H and O–H groups in total. The lowest BCUT2D eigenvalue weighted by Crippen LogP contribution is -2.12. The molecule has 2 aromatic carbocycles. The summed E-state index contributed by atoms with van der Waals surface area (Å²) in [6, 6.07) is 11.2. The van der Waals surface area contributed by atoms with Crippen molar-refractivity contribution in [2.75, 3.05) is 11.9 Å². The maximum Gasteiger partial charge on any atom is 0.416 e. The monoisotopic (exact) mass is 404 g/mol. The standard InChI is InChI=1S/C21H19F3N2O3/c1-13(2)11-28-17-9-7-16(8-10-17)25-19(27)18-12-29-20(26-18)14-3-5-15(6-4-14)21(22,23)24/h3-10,12-13H,11H2,1-2H3,(H,25,27). The molecule has 1 aromatic heterocycles. The van der Waals surface area contributed by atoms with Crippen LogP contribution in [0.5, 0.6) is 5.75 Å². The van der Waals surface area contributed by atoms with E-state index < -0.39 is 17.6 Å².